The van der Waals surface area contributed by atoms with E-state index in [1.165, 1.54) is 24.9 Å². The van der Waals surface area contributed by atoms with Crippen LogP contribution in [0, 0.1) is 6.92 Å². The van der Waals surface area contributed by atoms with Gasteiger partial charge in [0, 0.05) is 14.1 Å². The molecule has 0 bridgehead atoms. The molecule has 0 fully saturated rings. The quantitative estimate of drug-likeness (QED) is 0.821. The number of rotatable bonds is 5. The highest BCUT2D eigenvalue weighted by atomic mass is 35.5. The average molecular weight is 354 g/mol. The maximum atomic E-state index is 12.7. The second-order valence-corrected chi connectivity index (χ2v) is 7.06. The molecular weight excluding hydrogens is 340 g/mol. The van der Waals surface area contributed by atoms with Crippen molar-refractivity contribution in [3.8, 4) is 0 Å². The first-order chi connectivity index (χ1) is 10.2. The van der Waals surface area contributed by atoms with Crippen LogP contribution >= 0.6 is 11.6 Å². The minimum Gasteiger partial charge on any atom is -0.270 e. The Kier molecular flexibility index (Phi) is 4.54. The molecule has 7 nitrogen and oxygen atoms in total. The van der Waals surface area contributed by atoms with Crippen molar-refractivity contribution in [1.29, 1.82) is 0 Å². The Morgan fingerprint density at radius 2 is 2.00 bits per heavy atom. The largest absolute Gasteiger partial charge is 0.333 e. The van der Waals surface area contributed by atoms with Gasteiger partial charge in [0.1, 0.15) is 4.90 Å². The molecule has 2 aromatic rings. The minimum absolute atomic E-state index is 0.0447. The lowest BCUT2D eigenvalue weighted by molar-refractivity contribution is 0.0541. The van der Waals surface area contributed by atoms with Gasteiger partial charge in [-0.3, -0.25) is 4.68 Å². The van der Waals surface area contributed by atoms with E-state index in [2.05, 4.69) is 10.2 Å². The molecule has 0 aliphatic heterocycles. The molecule has 0 amide bonds. The van der Waals surface area contributed by atoms with Crippen LogP contribution in [0.15, 0.2) is 17.3 Å². The van der Waals surface area contributed by atoms with E-state index in [1.807, 2.05) is 0 Å². The molecule has 122 valence electrons. The van der Waals surface area contributed by atoms with Gasteiger partial charge in [0.25, 0.3) is 0 Å². The summed E-state index contributed by atoms with van der Waals surface area (Å²) in [4.78, 5) is -0.270. The fourth-order valence-electron chi connectivity index (χ4n) is 1.94. The Labute approximate surface area is 131 Å². The number of halogens is 3. The number of alkyl halides is 2. The lowest BCUT2D eigenvalue weighted by atomic mass is 10.4. The molecule has 2 aromatic heterocycles. The first kappa shape index (κ1) is 16.8. The average Bonchev–Trinajstić information content (AvgIpc) is 2.96. The Morgan fingerprint density at radius 3 is 2.45 bits per heavy atom. The van der Waals surface area contributed by atoms with Gasteiger partial charge in [0.15, 0.2) is 0 Å². The van der Waals surface area contributed by atoms with E-state index in [0.717, 1.165) is 10.5 Å². The van der Waals surface area contributed by atoms with Gasteiger partial charge in [-0.05, 0) is 6.92 Å². The normalized spacial score (nSPS) is 12.5. The summed E-state index contributed by atoms with van der Waals surface area (Å²) in [7, 11) is -1.02. The number of nitrogens with zero attached hydrogens (tertiary/aromatic N) is 5. The second kappa shape index (κ2) is 5.94. The topological polar surface area (TPSA) is 73.0 Å². The maximum Gasteiger partial charge on any atom is 0.333 e. The smallest absolute Gasteiger partial charge is 0.270 e. The predicted octanol–water partition coefficient (Wildman–Crippen LogP) is 1.79. The van der Waals surface area contributed by atoms with Crippen molar-refractivity contribution in [3.63, 3.8) is 0 Å². The van der Waals surface area contributed by atoms with Crippen LogP contribution in [0.4, 0.5) is 8.78 Å². The summed E-state index contributed by atoms with van der Waals surface area (Å²) in [5.41, 5.74) is 0.365. The van der Waals surface area contributed by atoms with Crippen molar-refractivity contribution >= 4 is 21.6 Å². The van der Waals surface area contributed by atoms with E-state index in [-0.39, 0.29) is 17.1 Å². The fourth-order valence-corrected chi connectivity index (χ4v) is 3.44. The van der Waals surface area contributed by atoms with Crippen LogP contribution < -0.4 is 0 Å². The summed E-state index contributed by atoms with van der Waals surface area (Å²) in [6.07, 6.45) is 2.32. The van der Waals surface area contributed by atoms with E-state index in [0.29, 0.717) is 15.4 Å². The summed E-state index contributed by atoms with van der Waals surface area (Å²) in [5.74, 6) is 0. The number of aryl methyl sites for hydroxylation is 1. The van der Waals surface area contributed by atoms with Crippen LogP contribution in [-0.2, 0) is 23.6 Å². The minimum atomic E-state index is -3.98. The summed E-state index contributed by atoms with van der Waals surface area (Å²) in [5, 5.41) is 7.65. The highest BCUT2D eigenvalue weighted by molar-refractivity contribution is 7.89. The standard InChI is InChI=1S/C11H14ClF2N5O2S/c1-7-10(5-16-19(7)11(13)14)22(20,21)17(2)6-9-8(12)4-15-18(9)3/h4-5,11H,6H2,1-3H3. The Bertz CT molecular complexity index is 767. The van der Waals surface area contributed by atoms with Crippen molar-refractivity contribution in [2.75, 3.05) is 7.05 Å². The zero-order valence-corrected chi connectivity index (χ0v) is 13.6. The molecule has 2 heterocycles. The van der Waals surface area contributed by atoms with Crippen molar-refractivity contribution in [3.05, 3.63) is 28.8 Å². The van der Waals surface area contributed by atoms with Crippen molar-refractivity contribution in [2.24, 2.45) is 7.05 Å². The third-order valence-electron chi connectivity index (χ3n) is 3.26. The number of aromatic nitrogens is 4. The van der Waals surface area contributed by atoms with Gasteiger partial charge in [-0.1, -0.05) is 11.6 Å². The van der Waals surface area contributed by atoms with E-state index < -0.39 is 16.6 Å². The molecule has 0 radical (unpaired) electrons. The monoisotopic (exact) mass is 353 g/mol. The van der Waals surface area contributed by atoms with Gasteiger partial charge in [-0.2, -0.15) is 23.3 Å². The van der Waals surface area contributed by atoms with E-state index >= 15 is 0 Å². The van der Waals surface area contributed by atoms with Crippen LogP contribution in [0.3, 0.4) is 0 Å². The number of sulfonamides is 1. The first-order valence-corrected chi connectivity index (χ1v) is 7.93. The fraction of sp³-hybridized carbons (Fsp3) is 0.455. The number of hydrogen-bond donors (Lipinski definition) is 0. The molecule has 0 aromatic carbocycles. The van der Waals surface area contributed by atoms with Crippen LogP contribution in [-0.4, -0.2) is 39.3 Å². The Balaban J connectivity index is 2.34. The maximum absolute atomic E-state index is 12.7. The van der Waals surface area contributed by atoms with E-state index in [4.69, 9.17) is 11.6 Å². The third kappa shape index (κ3) is 2.85. The molecule has 0 spiro atoms. The highest BCUT2D eigenvalue weighted by Gasteiger charge is 2.28. The SMILES string of the molecule is Cc1c(S(=O)(=O)N(C)Cc2c(Cl)cnn2C)cnn1C(F)F. The van der Waals surface area contributed by atoms with Gasteiger partial charge >= 0.3 is 6.55 Å². The summed E-state index contributed by atoms with van der Waals surface area (Å²) in [6.45, 7) is -1.67. The van der Waals surface area contributed by atoms with Crippen molar-refractivity contribution < 1.29 is 17.2 Å². The lowest BCUT2D eigenvalue weighted by Crippen LogP contribution is -2.28. The molecule has 22 heavy (non-hydrogen) atoms. The zero-order valence-electron chi connectivity index (χ0n) is 12.0. The molecule has 2 rings (SSSR count). The molecule has 0 atom stereocenters. The molecule has 0 unspecified atom stereocenters. The summed E-state index contributed by atoms with van der Waals surface area (Å²) >= 11 is 5.94. The van der Waals surface area contributed by atoms with Crippen molar-refractivity contribution in [2.45, 2.75) is 24.9 Å². The Hall–Kier alpha value is -1.52. The van der Waals surface area contributed by atoms with Crippen LogP contribution in [0.2, 0.25) is 5.02 Å². The molecule has 0 saturated carbocycles. The van der Waals surface area contributed by atoms with Crippen molar-refractivity contribution in [1.82, 2.24) is 23.9 Å². The third-order valence-corrected chi connectivity index (χ3v) is 5.48. The molecule has 0 aliphatic rings. The Morgan fingerprint density at radius 1 is 1.36 bits per heavy atom. The van der Waals surface area contributed by atoms with Gasteiger partial charge in [-0.15, -0.1) is 0 Å². The van der Waals surface area contributed by atoms with Gasteiger partial charge in [0.2, 0.25) is 10.0 Å². The predicted molar refractivity (Wildman–Crippen MR) is 75.1 cm³/mol. The van der Waals surface area contributed by atoms with Crippen LogP contribution in [0.25, 0.3) is 0 Å². The molecule has 0 aliphatic carbocycles. The first-order valence-electron chi connectivity index (χ1n) is 6.11. The van der Waals surface area contributed by atoms with Crippen LogP contribution in [0.5, 0.6) is 0 Å². The summed E-state index contributed by atoms with van der Waals surface area (Å²) in [6, 6.07) is 0. The van der Waals surface area contributed by atoms with Gasteiger partial charge < -0.3 is 0 Å². The number of hydrogen-bond acceptors (Lipinski definition) is 4. The van der Waals surface area contributed by atoms with E-state index in [1.54, 1.807) is 7.05 Å². The lowest BCUT2D eigenvalue weighted by Gasteiger charge is -2.17. The van der Waals surface area contributed by atoms with E-state index in [9.17, 15) is 17.2 Å². The summed E-state index contributed by atoms with van der Waals surface area (Å²) < 4.78 is 53.2. The zero-order chi connectivity index (χ0) is 16.7. The molecule has 0 saturated heterocycles. The van der Waals surface area contributed by atoms with Gasteiger partial charge in [0.05, 0.1) is 35.3 Å². The van der Waals surface area contributed by atoms with Crippen LogP contribution in [0.1, 0.15) is 17.9 Å². The molecule has 11 heteroatoms. The molecular formula is C11H14ClF2N5O2S. The van der Waals surface area contributed by atoms with Gasteiger partial charge in [-0.25, -0.2) is 13.1 Å². The highest BCUT2D eigenvalue weighted by Crippen LogP contribution is 2.24. The second-order valence-electron chi connectivity index (χ2n) is 4.64. The molecule has 0 N–H and O–H groups in total.